The number of aryl methyl sites for hydroxylation is 2. The highest BCUT2D eigenvalue weighted by molar-refractivity contribution is 6.07. The first kappa shape index (κ1) is 19.9. The Balaban J connectivity index is 1.42. The van der Waals surface area contributed by atoms with Crippen LogP contribution in [0.2, 0.25) is 0 Å². The van der Waals surface area contributed by atoms with E-state index < -0.39 is 17.5 Å². The minimum Gasteiger partial charge on any atom is -0.353 e. The van der Waals surface area contributed by atoms with E-state index in [1.54, 1.807) is 31.2 Å². The Hall–Kier alpha value is -3.42. The maximum absolute atomic E-state index is 12.9. The lowest BCUT2D eigenvalue weighted by Crippen LogP contribution is -2.49. The summed E-state index contributed by atoms with van der Waals surface area (Å²) in [4.78, 5) is 45.1. The molecule has 2 aliphatic heterocycles. The monoisotopic (exact) mass is 407 g/mol. The summed E-state index contributed by atoms with van der Waals surface area (Å²) in [5.41, 5.74) is 2.35. The number of amides is 4. The van der Waals surface area contributed by atoms with Gasteiger partial charge in [-0.05, 0) is 49.6 Å². The van der Waals surface area contributed by atoms with E-state index in [0.717, 1.165) is 30.0 Å². The molecular formula is C22H25N5O3. The summed E-state index contributed by atoms with van der Waals surface area (Å²) < 4.78 is 0. The zero-order valence-electron chi connectivity index (χ0n) is 17.4. The second-order valence-corrected chi connectivity index (χ2v) is 8.04. The number of urea groups is 1. The smallest absolute Gasteiger partial charge is 0.322 e. The lowest BCUT2D eigenvalue weighted by atomic mass is 9.91. The summed E-state index contributed by atoms with van der Waals surface area (Å²) in [6.45, 7) is 8.42. The number of carbonyl (C=O) groups is 3. The summed E-state index contributed by atoms with van der Waals surface area (Å²) >= 11 is 0. The second-order valence-electron chi connectivity index (χ2n) is 8.04. The highest BCUT2D eigenvalue weighted by Crippen LogP contribution is 2.25. The third-order valence-electron chi connectivity index (χ3n) is 5.81. The molecular weight excluding hydrogens is 382 g/mol. The molecule has 3 heterocycles. The Kier molecular flexibility index (Phi) is 4.93. The third kappa shape index (κ3) is 3.49. The number of hydrogen-bond donors (Lipinski definition) is 2. The second kappa shape index (κ2) is 7.44. The van der Waals surface area contributed by atoms with Crippen molar-refractivity contribution < 1.29 is 14.4 Å². The summed E-state index contributed by atoms with van der Waals surface area (Å²) in [6.07, 6.45) is 1.87. The van der Waals surface area contributed by atoms with Gasteiger partial charge in [-0.2, -0.15) is 0 Å². The number of nitrogens with one attached hydrogen (secondary N) is 2. The van der Waals surface area contributed by atoms with Crippen LogP contribution in [0.1, 0.15) is 34.0 Å². The fourth-order valence-electron chi connectivity index (χ4n) is 4.04. The molecule has 1 aromatic heterocycles. The molecule has 0 bridgehead atoms. The van der Waals surface area contributed by atoms with Gasteiger partial charge in [0.1, 0.15) is 11.4 Å². The molecule has 4 rings (SSSR count). The van der Waals surface area contributed by atoms with Crippen molar-refractivity contribution in [3.8, 4) is 0 Å². The van der Waals surface area contributed by atoms with Crippen LogP contribution in [0.4, 0.5) is 10.6 Å². The molecule has 4 amide bonds. The predicted octanol–water partition coefficient (Wildman–Crippen LogP) is 1.72. The molecule has 2 saturated heterocycles. The molecule has 8 nitrogen and oxygen atoms in total. The van der Waals surface area contributed by atoms with Gasteiger partial charge in [-0.25, -0.2) is 9.78 Å². The molecule has 2 fully saturated rings. The fraction of sp³-hybridized carbons (Fsp3) is 0.364. The van der Waals surface area contributed by atoms with Gasteiger partial charge >= 0.3 is 6.03 Å². The highest BCUT2D eigenvalue weighted by atomic mass is 16.2. The van der Waals surface area contributed by atoms with Crippen molar-refractivity contribution in [3.63, 3.8) is 0 Å². The molecule has 0 spiro atoms. The zero-order valence-corrected chi connectivity index (χ0v) is 17.4. The van der Waals surface area contributed by atoms with Crippen molar-refractivity contribution in [2.75, 3.05) is 31.1 Å². The van der Waals surface area contributed by atoms with Crippen LogP contribution in [0.5, 0.6) is 0 Å². The maximum Gasteiger partial charge on any atom is 0.322 e. The van der Waals surface area contributed by atoms with E-state index >= 15 is 0 Å². The van der Waals surface area contributed by atoms with Crippen molar-refractivity contribution in [2.45, 2.75) is 26.3 Å². The summed E-state index contributed by atoms with van der Waals surface area (Å²) in [5, 5.41) is 4.88. The minimum atomic E-state index is -1.12. The van der Waals surface area contributed by atoms with E-state index in [0.29, 0.717) is 24.2 Å². The lowest BCUT2D eigenvalue weighted by molar-refractivity contribution is -0.123. The van der Waals surface area contributed by atoms with Crippen molar-refractivity contribution >= 4 is 23.7 Å². The number of carbonyl (C=O) groups excluding carboxylic acids is 3. The normalized spacial score (nSPS) is 21.4. The van der Waals surface area contributed by atoms with Crippen LogP contribution in [0.3, 0.4) is 0 Å². The third-order valence-corrected chi connectivity index (χ3v) is 5.81. The number of nitrogens with zero attached hydrogens (tertiary/aromatic N) is 3. The Morgan fingerprint density at radius 3 is 2.30 bits per heavy atom. The molecule has 1 unspecified atom stereocenters. The lowest BCUT2D eigenvalue weighted by Gasteiger charge is -2.36. The van der Waals surface area contributed by atoms with Crippen molar-refractivity contribution in [1.29, 1.82) is 0 Å². The molecule has 2 aliphatic rings. The van der Waals surface area contributed by atoms with Crippen LogP contribution in [0, 0.1) is 13.8 Å². The quantitative estimate of drug-likeness (QED) is 0.756. The molecule has 1 aromatic carbocycles. The van der Waals surface area contributed by atoms with Gasteiger partial charge in [0.2, 0.25) is 0 Å². The van der Waals surface area contributed by atoms with Gasteiger partial charge in [0.15, 0.2) is 0 Å². The summed E-state index contributed by atoms with van der Waals surface area (Å²) in [7, 11) is 0. The molecule has 2 N–H and O–H groups in total. The topological polar surface area (TPSA) is 94.6 Å². The SMILES string of the molecule is Cc1cnc(N2CCN(C(=O)c3ccc(C4(C)NC(=O)NC4=O)cc3)CC2)c(C)c1. The van der Waals surface area contributed by atoms with E-state index in [1.165, 1.54) is 0 Å². The molecule has 30 heavy (non-hydrogen) atoms. The van der Waals surface area contributed by atoms with Gasteiger partial charge in [-0.3, -0.25) is 14.9 Å². The van der Waals surface area contributed by atoms with Crippen molar-refractivity contribution in [3.05, 3.63) is 58.8 Å². The van der Waals surface area contributed by atoms with E-state index in [4.69, 9.17) is 0 Å². The number of pyridine rings is 1. The minimum absolute atomic E-state index is 0.0418. The number of hydrogen-bond acceptors (Lipinski definition) is 5. The maximum atomic E-state index is 12.9. The molecule has 1 atom stereocenters. The molecule has 156 valence electrons. The molecule has 0 radical (unpaired) electrons. The molecule has 8 heteroatoms. The van der Waals surface area contributed by atoms with Crippen LogP contribution in [-0.2, 0) is 10.3 Å². The average molecular weight is 407 g/mol. The molecule has 2 aromatic rings. The van der Waals surface area contributed by atoms with Gasteiger partial charge in [-0.15, -0.1) is 0 Å². The fourth-order valence-corrected chi connectivity index (χ4v) is 4.04. The van der Waals surface area contributed by atoms with E-state index in [1.807, 2.05) is 18.0 Å². The first-order valence-corrected chi connectivity index (χ1v) is 9.99. The van der Waals surface area contributed by atoms with Crippen LogP contribution >= 0.6 is 0 Å². The van der Waals surface area contributed by atoms with Gasteiger partial charge in [0.25, 0.3) is 11.8 Å². The number of piperazine rings is 1. The Morgan fingerprint density at radius 2 is 1.73 bits per heavy atom. The van der Waals surface area contributed by atoms with Crippen LogP contribution < -0.4 is 15.5 Å². The van der Waals surface area contributed by atoms with Crippen LogP contribution in [0.25, 0.3) is 0 Å². The van der Waals surface area contributed by atoms with Crippen molar-refractivity contribution in [1.82, 2.24) is 20.5 Å². The summed E-state index contributed by atoms with van der Waals surface area (Å²) in [5.74, 6) is 0.532. The molecule has 0 aliphatic carbocycles. The first-order valence-electron chi connectivity index (χ1n) is 9.99. The zero-order chi connectivity index (χ0) is 21.5. The van der Waals surface area contributed by atoms with E-state index in [9.17, 15) is 14.4 Å². The number of anilines is 1. The van der Waals surface area contributed by atoms with Gasteiger partial charge in [0.05, 0.1) is 0 Å². The Morgan fingerprint density at radius 1 is 1.07 bits per heavy atom. The van der Waals surface area contributed by atoms with E-state index in [-0.39, 0.29) is 5.91 Å². The summed E-state index contributed by atoms with van der Waals surface area (Å²) in [6, 6.07) is 8.45. The predicted molar refractivity (Wildman–Crippen MR) is 112 cm³/mol. The van der Waals surface area contributed by atoms with Gasteiger partial charge in [-0.1, -0.05) is 18.2 Å². The first-order chi connectivity index (χ1) is 14.3. The highest BCUT2D eigenvalue weighted by Gasteiger charge is 2.43. The van der Waals surface area contributed by atoms with Crippen LogP contribution in [-0.4, -0.2) is 53.9 Å². The van der Waals surface area contributed by atoms with E-state index in [2.05, 4.69) is 33.5 Å². The van der Waals surface area contributed by atoms with Crippen molar-refractivity contribution in [2.24, 2.45) is 0 Å². The Bertz CT molecular complexity index is 1010. The largest absolute Gasteiger partial charge is 0.353 e. The Labute approximate surface area is 175 Å². The molecule has 0 saturated carbocycles. The number of aromatic nitrogens is 1. The van der Waals surface area contributed by atoms with Gasteiger partial charge < -0.3 is 15.1 Å². The van der Waals surface area contributed by atoms with Gasteiger partial charge in [0, 0.05) is 37.9 Å². The standard InChI is InChI=1S/C22H25N5O3/c1-14-12-15(2)18(23-13-14)26-8-10-27(11-9-26)19(28)16-4-6-17(7-5-16)22(3)20(29)24-21(30)25-22/h4-7,12-13H,8-11H2,1-3H3,(H2,24,25,29,30). The van der Waals surface area contributed by atoms with Crippen LogP contribution in [0.15, 0.2) is 36.5 Å². The average Bonchev–Trinajstić information content (AvgIpc) is 3.00. The number of benzene rings is 1. The number of imide groups is 1. The number of rotatable bonds is 3.